The van der Waals surface area contributed by atoms with Crippen LogP contribution in [0.15, 0.2) is 72.8 Å². The number of hydrogen-bond acceptors (Lipinski definition) is 4. The average Bonchev–Trinajstić information content (AvgIpc) is 3.47. The molecule has 1 aliphatic carbocycles. The Morgan fingerprint density at radius 1 is 0.977 bits per heavy atom. The van der Waals surface area contributed by atoms with Gasteiger partial charge in [0.25, 0.3) is 0 Å². The minimum atomic E-state index is -4.85. The van der Waals surface area contributed by atoms with Crippen molar-refractivity contribution in [2.45, 2.75) is 63.8 Å². The monoisotopic (exact) mass is 649 g/mol. The number of carbonyl (C=O) groups excluding carboxylic acids is 2. The first kappa shape index (κ1) is 33.3. The van der Waals surface area contributed by atoms with Gasteiger partial charge in [0.2, 0.25) is 21.8 Å². The number of hydrogen-bond donors (Lipinski definition) is 1. The predicted octanol–water partition coefficient (Wildman–Crippen LogP) is 6.13. The molecule has 0 radical (unpaired) electrons. The van der Waals surface area contributed by atoms with Crippen LogP contribution in [0, 0.1) is 6.92 Å². The quantitative estimate of drug-likeness (QED) is 0.271. The number of carbonyl (C=O) groups is 2. The van der Waals surface area contributed by atoms with Gasteiger partial charge in [0.1, 0.15) is 12.6 Å². The number of sulfonamides is 1. The molecule has 1 N–H and O–H groups in total. The topological polar surface area (TPSA) is 86.8 Å². The van der Waals surface area contributed by atoms with Crippen molar-refractivity contribution in [3.05, 3.63) is 100 Å². The number of rotatable bonds is 11. The van der Waals surface area contributed by atoms with Gasteiger partial charge in [-0.25, -0.2) is 8.42 Å². The molecule has 3 aromatic carbocycles. The number of aryl methyl sites for hydroxylation is 1. The lowest BCUT2D eigenvalue weighted by Crippen LogP contribution is -2.54. The lowest BCUT2D eigenvalue weighted by atomic mass is 10.0. The molecule has 236 valence electrons. The fraction of sp³-hybridized carbons (Fsp3) is 0.375. The third kappa shape index (κ3) is 8.75. The fourth-order valence-corrected chi connectivity index (χ4v) is 6.38. The number of alkyl halides is 3. The van der Waals surface area contributed by atoms with Crippen molar-refractivity contribution in [2.75, 3.05) is 17.1 Å². The molecule has 0 spiro atoms. The smallest absolute Gasteiger partial charge is 0.352 e. The van der Waals surface area contributed by atoms with Gasteiger partial charge in [-0.2, -0.15) is 13.2 Å². The van der Waals surface area contributed by atoms with E-state index in [1.807, 2.05) is 61.5 Å². The molecule has 44 heavy (non-hydrogen) atoms. The summed E-state index contributed by atoms with van der Waals surface area (Å²) in [7, 11) is -4.25. The zero-order chi connectivity index (χ0) is 32.1. The van der Waals surface area contributed by atoms with Gasteiger partial charge < -0.3 is 10.2 Å². The number of nitrogens with zero attached hydrogens (tertiary/aromatic N) is 2. The highest BCUT2D eigenvalue weighted by Crippen LogP contribution is 2.37. The van der Waals surface area contributed by atoms with E-state index < -0.39 is 45.3 Å². The minimum absolute atomic E-state index is 0.0271. The molecule has 1 unspecified atom stereocenters. The van der Waals surface area contributed by atoms with E-state index in [4.69, 9.17) is 11.6 Å². The molecule has 4 rings (SSSR count). The van der Waals surface area contributed by atoms with Crippen LogP contribution in [0.5, 0.6) is 0 Å². The van der Waals surface area contributed by atoms with Gasteiger partial charge in [-0.05, 0) is 49.1 Å². The van der Waals surface area contributed by atoms with E-state index in [0.29, 0.717) is 15.9 Å². The van der Waals surface area contributed by atoms with Crippen LogP contribution in [0.25, 0.3) is 0 Å². The van der Waals surface area contributed by atoms with Crippen molar-refractivity contribution in [2.24, 2.45) is 0 Å². The van der Waals surface area contributed by atoms with Gasteiger partial charge in [0.05, 0.1) is 22.5 Å². The van der Waals surface area contributed by atoms with Gasteiger partial charge in [0, 0.05) is 19.0 Å². The third-order valence-electron chi connectivity index (χ3n) is 7.67. The van der Waals surface area contributed by atoms with Gasteiger partial charge >= 0.3 is 6.18 Å². The molecular formula is C32H35ClF3N3O4S. The van der Waals surface area contributed by atoms with Crippen LogP contribution in [0.2, 0.25) is 5.02 Å². The molecule has 7 nitrogen and oxygen atoms in total. The molecule has 3 aromatic rings. The number of nitrogens with one attached hydrogen (secondary N) is 1. The second-order valence-electron chi connectivity index (χ2n) is 11.1. The molecule has 0 saturated heterocycles. The summed E-state index contributed by atoms with van der Waals surface area (Å²) in [6.07, 6.45) is -0.312. The fourth-order valence-electron chi connectivity index (χ4n) is 5.31. The van der Waals surface area contributed by atoms with E-state index in [1.165, 1.54) is 4.90 Å². The molecule has 0 bridgehead atoms. The third-order valence-corrected chi connectivity index (χ3v) is 9.14. The number of halogens is 4. The summed E-state index contributed by atoms with van der Waals surface area (Å²) in [5.41, 5.74) is 0.869. The van der Waals surface area contributed by atoms with Crippen LogP contribution in [0.3, 0.4) is 0 Å². The van der Waals surface area contributed by atoms with Crippen LogP contribution < -0.4 is 9.62 Å². The lowest BCUT2D eigenvalue weighted by molar-refractivity contribution is -0.140. The Labute approximate surface area is 261 Å². The Morgan fingerprint density at radius 2 is 1.61 bits per heavy atom. The first-order valence-electron chi connectivity index (χ1n) is 14.3. The maximum Gasteiger partial charge on any atom is 0.417 e. The Kier molecular flexibility index (Phi) is 10.6. The standard InChI is InChI=1S/C32H35ClF3N3O4S/c1-22-12-14-24(15-13-22)20-38(29(18-23-8-4-3-5-9-23)31(41)37-25-10-6-7-11-25)30(40)21-39(44(2,42)43)26-16-17-28(33)27(19-26)32(34,35)36/h3-5,8-9,12-17,19,25,29H,6-7,10-11,18,20-21H2,1-2H3,(H,37,41). The van der Waals surface area contributed by atoms with Crippen molar-refractivity contribution in [3.63, 3.8) is 0 Å². The maximum atomic E-state index is 14.2. The molecule has 1 fully saturated rings. The normalized spacial score (nSPS) is 14.7. The molecule has 0 aromatic heterocycles. The lowest BCUT2D eigenvalue weighted by Gasteiger charge is -2.34. The number of anilines is 1. The summed E-state index contributed by atoms with van der Waals surface area (Å²) in [4.78, 5) is 29.3. The number of benzene rings is 3. The highest BCUT2D eigenvalue weighted by molar-refractivity contribution is 7.92. The van der Waals surface area contributed by atoms with Crippen LogP contribution in [0.1, 0.15) is 47.9 Å². The summed E-state index contributed by atoms with van der Waals surface area (Å²) in [5.74, 6) is -1.13. The zero-order valence-electron chi connectivity index (χ0n) is 24.5. The summed E-state index contributed by atoms with van der Waals surface area (Å²) < 4.78 is 67.4. The maximum absolute atomic E-state index is 14.2. The Bertz CT molecular complexity index is 1560. The van der Waals surface area contributed by atoms with Crippen molar-refractivity contribution in [3.8, 4) is 0 Å². The molecule has 2 amide bonds. The van der Waals surface area contributed by atoms with Crippen LogP contribution in [-0.2, 0) is 38.8 Å². The van der Waals surface area contributed by atoms with Gasteiger partial charge in [-0.3, -0.25) is 13.9 Å². The summed E-state index contributed by atoms with van der Waals surface area (Å²) >= 11 is 5.77. The average molecular weight is 650 g/mol. The van der Waals surface area contributed by atoms with Crippen molar-refractivity contribution in [1.29, 1.82) is 0 Å². The van der Waals surface area contributed by atoms with Gasteiger partial charge in [-0.1, -0.05) is 84.6 Å². The predicted molar refractivity (Wildman–Crippen MR) is 165 cm³/mol. The van der Waals surface area contributed by atoms with Crippen LogP contribution in [0.4, 0.5) is 18.9 Å². The van der Waals surface area contributed by atoms with Crippen LogP contribution in [-0.4, -0.2) is 50.0 Å². The molecule has 12 heteroatoms. The second kappa shape index (κ2) is 14.0. The molecule has 0 aliphatic heterocycles. The summed E-state index contributed by atoms with van der Waals surface area (Å²) in [6, 6.07) is 18.1. The first-order valence-corrected chi connectivity index (χ1v) is 16.5. The van der Waals surface area contributed by atoms with E-state index in [2.05, 4.69) is 5.32 Å². The highest BCUT2D eigenvalue weighted by atomic mass is 35.5. The Morgan fingerprint density at radius 3 is 2.20 bits per heavy atom. The zero-order valence-corrected chi connectivity index (χ0v) is 26.1. The van der Waals surface area contributed by atoms with E-state index in [-0.39, 0.29) is 30.6 Å². The second-order valence-corrected chi connectivity index (χ2v) is 13.4. The van der Waals surface area contributed by atoms with E-state index in [9.17, 15) is 31.2 Å². The van der Waals surface area contributed by atoms with E-state index in [1.54, 1.807) is 0 Å². The molecule has 0 heterocycles. The summed E-state index contributed by atoms with van der Waals surface area (Å²) in [6.45, 7) is 1.05. The van der Waals surface area contributed by atoms with Crippen molar-refractivity contribution in [1.82, 2.24) is 10.2 Å². The number of amides is 2. The van der Waals surface area contributed by atoms with E-state index >= 15 is 0 Å². The minimum Gasteiger partial charge on any atom is -0.352 e. The largest absolute Gasteiger partial charge is 0.417 e. The van der Waals surface area contributed by atoms with Crippen molar-refractivity contribution < 1.29 is 31.2 Å². The Hall–Kier alpha value is -3.57. The molecule has 1 atom stereocenters. The SMILES string of the molecule is Cc1ccc(CN(C(=O)CN(c2ccc(Cl)c(C(F)(F)F)c2)S(C)(=O)=O)C(Cc2ccccc2)C(=O)NC2CCCC2)cc1. The molecule has 1 saturated carbocycles. The Balaban J connectivity index is 1.75. The molecular weight excluding hydrogens is 615 g/mol. The first-order chi connectivity index (χ1) is 20.7. The van der Waals surface area contributed by atoms with Gasteiger partial charge in [-0.15, -0.1) is 0 Å². The highest BCUT2D eigenvalue weighted by Gasteiger charge is 2.37. The molecule has 1 aliphatic rings. The van der Waals surface area contributed by atoms with Crippen LogP contribution >= 0.6 is 11.6 Å². The van der Waals surface area contributed by atoms with Gasteiger partial charge in [0.15, 0.2) is 0 Å². The van der Waals surface area contributed by atoms with Crippen molar-refractivity contribution >= 4 is 39.1 Å². The summed E-state index contributed by atoms with van der Waals surface area (Å²) in [5, 5.41) is 2.47. The van der Waals surface area contributed by atoms with E-state index in [0.717, 1.165) is 55.2 Å².